The van der Waals surface area contributed by atoms with Crippen LogP contribution in [0.3, 0.4) is 0 Å². The number of hydrogen-bond acceptors (Lipinski definition) is 4. The fourth-order valence-corrected chi connectivity index (χ4v) is 4.15. The number of methoxy groups -OCH3 is 1. The summed E-state index contributed by atoms with van der Waals surface area (Å²) >= 11 is 0. The lowest BCUT2D eigenvalue weighted by atomic mass is 9.90. The Bertz CT molecular complexity index is 329. The number of likely N-dealkylation sites (tertiary alicyclic amines) is 1. The van der Waals surface area contributed by atoms with Crippen LogP contribution in [-0.2, 0) is 9.53 Å². The van der Waals surface area contributed by atoms with E-state index in [1.165, 1.54) is 58.6 Å². The second-order valence-electron chi connectivity index (χ2n) is 7.23. The second-order valence-corrected chi connectivity index (χ2v) is 7.23. The molecule has 1 saturated heterocycles. The number of nitrogens with zero attached hydrogens (tertiary/aromatic N) is 1. The van der Waals surface area contributed by atoms with Crippen LogP contribution in [0.2, 0.25) is 0 Å². The fraction of sp³-hybridized carbons (Fsp3) is 0.944. The molecule has 0 spiro atoms. The van der Waals surface area contributed by atoms with Gasteiger partial charge in [0.2, 0.25) is 0 Å². The van der Waals surface area contributed by atoms with E-state index in [4.69, 9.17) is 4.74 Å². The van der Waals surface area contributed by atoms with Crippen LogP contribution >= 0.6 is 0 Å². The van der Waals surface area contributed by atoms with Crippen molar-refractivity contribution >= 4 is 5.97 Å². The third-order valence-corrected chi connectivity index (χ3v) is 5.34. The topological polar surface area (TPSA) is 41.6 Å². The van der Waals surface area contributed by atoms with Gasteiger partial charge >= 0.3 is 5.97 Å². The third kappa shape index (κ3) is 5.88. The van der Waals surface area contributed by atoms with Crippen molar-refractivity contribution in [3.8, 4) is 0 Å². The number of carbonyl (C=O) groups excluding carboxylic acids is 1. The number of piperidine rings is 1. The van der Waals surface area contributed by atoms with E-state index >= 15 is 0 Å². The van der Waals surface area contributed by atoms with E-state index in [1.54, 1.807) is 0 Å². The highest BCUT2D eigenvalue weighted by molar-refractivity contribution is 5.69. The van der Waals surface area contributed by atoms with E-state index in [1.807, 2.05) is 0 Å². The zero-order valence-corrected chi connectivity index (χ0v) is 14.5. The van der Waals surface area contributed by atoms with Crippen molar-refractivity contribution in [2.24, 2.45) is 11.8 Å². The Morgan fingerprint density at radius 1 is 1.23 bits per heavy atom. The van der Waals surface area contributed by atoms with Gasteiger partial charge in [-0.1, -0.05) is 26.2 Å². The summed E-state index contributed by atoms with van der Waals surface area (Å²) in [6.45, 7) is 6.54. The minimum absolute atomic E-state index is 0.0897. The van der Waals surface area contributed by atoms with Gasteiger partial charge in [0.15, 0.2) is 0 Å². The average Bonchev–Trinajstić information content (AvgIpc) is 3.04. The maximum Gasteiger partial charge on any atom is 0.306 e. The van der Waals surface area contributed by atoms with Gasteiger partial charge in [0.25, 0.3) is 0 Å². The molecular formula is C18H34N2O2. The summed E-state index contributed by atoms with van der Waals surface area (Å²) in [5, 5.41) is 3.83. The molecule has 2 unspecified atom stereocenters. The van der Waals surface area contributed by atoms with Crippen molar-refractivity contribution in [3.63, 3.8) is 0 Å². The SMILES string of the molecule is CCCC1CC(NCC2CCCC2)CN(CCC(=O)OC)C1. The van der Waals surface area contributed by atoms with Crippen molar-refractivity contribution in [2.75, 3.05) is 33.3 Å². The quantitative estimate of drug-likeness (QED) is 0.700. The average molecular weight is 310 g/mol. The van der Waals surface area contributed by atoms with Gasteiger partial charge < -0.3 is 15.0 Å². The Balaban J connectivity index is 1.78. The molecule has 0 amide bonds. The summed E-state index contributed by atoms with van der Waals surface area (Å²) in [6.07, 6.45) is 10.0. The van der Waals surface area contributed by atoms with Crippen molar-refractivity contribution in [3.05, 3.63) is 0 Å². The maximum atomic E-state index is 11.4. The van der Waals surface area contributed by atoms with Crippen LogP contribution in [0, 0.1) is 11.8 Å². The van der Waals surface area contributed by atoms with Gasteiger partial charge in [-0.05, 0) is 44.1 Å². The molecule has 1 aliphatic heterocycles. The van der Waals surface area contributed by atoms with Crippen molar-refractivity contribution < 1.29 is 9.53 Å². The Morgan fingerprint density at radius 3 is 2.68 bits per heavy atom. The zero-order chi connectivity index (χ0) is 15.8. The van der Waals surface area contributed by atoms with Crippen LogP contribution in [-0.4, -0.2) is 50.2 Å². The Kier molecular flexibility index (Phi) is 7.67. The fourth-order valence-electron chi connectivity index (χ4n) is 4.15. The summed E-state index contributed by atoms with van der Waals surface area (Å²) < 4.78 is 4.78. The van der Waals surface area contributed by atoms with Crippen molar-refractivity contribution in [2.45, 2.75) is 64.3 Å². The molecule has 4 heteroatoms. The van der Waals surface area contributed by atoms with Crippen LogP contribution in [0.15, 0.2) is 0 Å². The predicted octanol–water partition coefficient (Wildman–Crippen LogP) is 2.82. The monoisotopic (exact) mass is 310 g/mol. The normalized spacial score (nSPS) is 27.2. The predicted molar refractivity (Wildman–Crippen MR) is 89.8 cm³/mol. The summed E-state index contributed by atoms with van der Waals surface area (Å²) in [5.74, 6) is 1.58. The second kappa shape index (κ2) is 9.51. The van der Waals surface area contributed by atoms with E-state index in [2.05, 4.69) is 17.1 Å². The number of rotatable bonds is 8. The molecule has 0 aromatic rings. The first-order valence-electron chi connectivity index (χ1n) is 9.23. The Hall–Kier alpha value is -0.610. The van der Waals surface area contributed by atoms with Gasteiger partial charge in [-0.25, -0.2) is 0 Å². The summed E-state index contributed by atoms with van der Waals surface area (Å²) in [4.78, 5) is 13.8. The lowest BCUT2D eigenvalue weighted by Crippen LogP contribution is -2.50. The van der Waals surface area contributed by atoms with Crippen LogP contribution in [0.25, 0.3) is 0 Å². The largest absolute Gasteiger partial charge is 0.469 e. The van der Waals surface area contributed by atoms with Crippen LogP contribution < -0.4 is 5.32 Å². The smallest absolute Gasteiger partial charge is 0.306 e. The van der Waals surface area contributed by atoms with E-state index in [0.29, 0.717) is 12.5 Å². The molecule has 1 N–H and O–H groups in total. The van der Waals surface area contributed by atoms with Crippen LogP contribution in [0.1, 0.15) is 58.3 Å². The number of hydrogen-bond donors (Lipinski definition) is 1. The molecule has 2 atom stereocenters. The standard InChI is InChI=1S/C18H34N2O2/c1-3-6-16-11-17(19-12-15-7-4-5-8-15)14-20(13-16)10-9-18(21)22-2/h15-17,19H,3-14H2,1-2H3. The molecular weight excluding hydrogens is 276 g/mol. The molecule has 0 aromatic carbocycles. The van der Waals surface area contributed by atoms with Gasteiger partial charge in [0.1, 0.15) is 0 Å². The summed E-state index contributed by atoms with van der Waals surface area (Å²) in [5.41, 5.74) is 0. The molecule has 2 aliphatic rings. The molecule has 1 aliphatic carbocycles. The molecule has 1 heterocycles. The Morgan fingerprint density at radius 2 is 2.00 bits per heavy atom. The van der Waals surface area contributed by atoms with Crippen LogP contribution in [0.4, 0.5) is 0 Å². The third-order valence-electron chi connectivity index (χ3n) is 5.34. The molecule has 2 fully saturated rings. The minimum Gasteiger partial charge on any atom is -0.469 e. The molecule has 128 valence electrons. The molecule has 4 nitrogen and oxygen atoms in total. The molecule has 0 bridgehead atoms. The zero-order valence-electron chi connectivity index (χ0n) is 14.5. The highest BCUT2D eigenvalue weighted by Crippen LogP contribution is 2.25. The van der Waals surface area contributed by atoms with Gasteiger partial charge in [-0.15, -0.1) is 0 Å². The maximum absolute atomic E-state index is 11.4. The number of esters is 1. The highest BCUT2D eigenvalue weighted by Gasteiger charge is 2.27. The van der Waals surface area contributed by atoms with Gasteiger partial charge in [-0.3, -0.25) is 4.79 Å². The number of carbonyl (C=O) groups is 1. The van der Waals surface area contributed by atoms with E-state index in [0.717, 1.165) is 31.5 Å². The lowest BCUT2D eigenvalue weighted by molar-refractivity contribution is -0.141. The van der Waals surface area contributed by atoms with Crippen molar-refractivity contribution in [1.29, 1.82) is 0 Å². The van der Waals surface area contributed by atoms with E-state index in [9.17, 15) is 4.79 Å². The number of nitrogens with one attached hydrogen (secondary N) is 1. The molecule has 22 heavy (non-hydrogen) atoms. The van der Waals surface area contributed by atoms with E-state index in [-0.39, 0.29) is 5.97 Å². The molecule has 2 rings (SSSR count). The van der Waals surface area contributed by atoms with Gasteiger partial charge in [0.05, 0.1) is 13.5 Å². The highest BCUT2D eigenvalue weighted by atomic mass is 16.5. The first-order chi connectivity index (χ1) is 10.7. The lowest BCUT2D eigenvalue weighted by Gasteiger charge is -2.38. The van der Waals surface area contributed by atoms with Crippen LogP contribution in [0.5, 0.6) is 0 Å². The first-order valence-corrected chi connectivity index (χ1v) is 9.23. The van der Waals surface area contributed by atoms with Gasteiger partial charge in [-0.2, -0.15) is 0 Å². The molecule has 0 aromatic heterocycles. The summed E-state index contributed by atoms with van der Waals surface area (Å²) in [6, 6.07) is 0.601. The molecule has 1 saturated carbocycles. The van der Waals surface area contributed by atoms with Gasteiger partial charge in [0, 0.05) is 25.7 Å². The van der Waals surface area contributed by atoms with Crippen molar-refractivity contribution in [1.82, 2.24) is 10.2 Å². The Labute approximate surface area is 136 Å². The minimum atomic E-state index is -0.0897. The summed E-state index contributed by atoms with van der Waals surface area (Å²) in [7, 11) is 1.48. The van der Waals surface area contributed by atoms with E-state index < -0.39 is 0 Å². The molecule has 0 radical (unpaired) electrons. The number of ether oxygens (including phenoxy) is 1. The first kappa shape index (κ1) is 17.7.